The van der Waals surface area contributed by atoms with Crippen LogP contribution in [0.3, 0.4) is 0 Å². The Hall–Kier alpha value is -1.28. The van der Waals surface area contributed by atoms with Crippen molar-refractivity contribution in [3.63, 3.8) is 0 Å². The van der Waals surface area contributed by atoms with E-state index in [9.17, 15) is 9.59 Å². The van der Waals surface area contributed by atoms with E-state index < -0.39 is 12.1 Å². The number of nitrogens with zero attached hydrogens (tertiary/aromatic N) is 2. The Bertz CT molecular complexity index is 428. The van der Waals surface area contributed by atoms with Gasteiger partial charge in [-0.2, -0.15) is 0 Å². The van der Waals surface area contributed by atoms with Crippen LogP contribution in [-0.4, -0.2) is 44.3 Å². The van der Waals surface area contributed by atoms with E-state index in [0.717, 1.165) is 0 Å². The zero-order valence-corrected chi connectivity index (χ0v) is 10.5. The number of carboxylic acid groups (broad SMARTS) is 1. The van der Waals surface area contributed by atoms with Gasteiger partial charge < -0.3 is 9.84 Å². The minimum atomic E-state index is -0.969. The van der Waals surface area contributed by atoms with Crippen molar-refractivity contribution in [2.45, 2.75) is 24.6 Å². The third-order valence-electron chi connectivity index (χ3n) is 2.09. The number of nitrogens with one attached hydrogen (secondary N) is 1. The molecule has 0 aliphatic carbocycles. The summed E-state index contributed by atoms with van der Waals surface area (Å²) in [5, 5.41) is 15.5. The van der Waals surface area contributed by atoms with Crippen molar-refractivity contribution in [3.05, 3.63) is 10.5 Å². The van der Waals surface area contributed by atoms with Gasteiger partial charge in [-0.05, 0) is 13.3 Å². The van der Waals surface area contributed by atoms with Crippen LogP contribution in [-0.2, 0) is 16.6 Å². The maximum Gasteiger partial charge on any atom is 0.343 e. The summed E-state index contributed by atoms with van der Waals surface area (Å²) in [6.45, 7) is 2.11. The lowest BCUT2D eigenvalue weighted by molar-refractivity contribution is -0.150. The standard InChI is InChI=1S/C9H15N3O4S/c1-3-16-6(7(13)14)4-5-17-9-11-10-8(15)12(9)2/h6H,3-5H2,1-2H3,(H,10,15)(H,13,14). The Morgan fingerprint density at radius 3 is 2.88 bits per heavy atom. The van der Waals surface area contributed by atoms with Crippen LogP contribution in [0.4, 0.5) is 0 Å². The minimum absolute atomic E-state index is 0.285. The summed E-state index contributed by atoms with van der Waals surface area (Å²) in [5.41, 5.74) is -0.285. The van der Waals surface area contributed by atoms with E-state index in [1.165, 1.54) is 16.3 Å². The molecular weight excluding hydrogens is 246 g/mol. The lowest BCUT2D eigenvalue weighted by Gasteiger charge is -2.11. The van der Waals surface area contributed by atoms with Crippen molar-refractivity contribution in [3.8, 4) is 0 Å². The van der Waals surface area contributed by atoms with Gasteiger partial charge in [0.05, 0.1) is 0 Å². The molecule has 0 bridgehead atoms. The molecule has 0 aliphatic heterocycles. The van der Waals surface area contributed by atoms with Gasteiger partial charge in [-0.15, -0.1) is 5.10 Å². The van der Waals surface area contributed by atoms with Gasteiger partial charge in [-0.25, -0.2) is 14.7 Å². The molecule has 8 heteroatoms. The van der Waals surface area contributed by atoms with Crippen molar-refractivity contribution in [1.82, 2.24) is 14.8 Å². The van der Waals surface area contributed by atoms with Crippen LogP contribution in [0.1, 0.15) is 13.3 Å². The van der Waals surface area contributed by atoms with E-state index in [-0.39, 0.29) is 5.69 Å². The van der Waals surface area contributed by atoms with Crippen LogP contribution >= 0.6 is 11.8 Å². The summed E-state index contributed by atoms with van der Waals surface area (Å²) < 4.78 is 6.44. The van der Waals surface area contributed by atoms with E-state index in [2.05, 4.69) is 10.2 Å². The van der Waals surface area contributed by atoms with Gasteiger partial charge in [0.1, 0.15) is 0 Å². The average molecular weight is 261 g/mol. The highest BCUT2D eigenvalue weighted by molar-refractivity contribution is 7.99. The summed E-state index contributed by atoms with van der Waals surface area (Å²) in [6, 6.07) is 0. The van der Waals surface area contributed by atoms with Crippen LogP contribution < -0.4 is 5.69 Å². The van der Waals surface area contributed by atoms with Gasteiger partial charge in [-0.1, -0.05) is 11.8 Å². The van der Waals surface area contributed by atoms with Crippen LogP contribution in [0.2, 0.25) is 0 Å². The van der Waals surface area contributed by atoms with E-state index in [4.69, 9.17) is 9.84 Å². The first kappa shape index (κ1) is 13.8. The first-order chi connectivity index (χ1) is 8.06. The number of H-pyrrole nitrogens is 1. The van der Waals surface area contributed by atoms with E-state index in [0.29, 0.717) is 23.9 Å². The molecule has 1 atom stereocenters. The third-order valence-corrected chi connectivity index (χ3v) is 3.16. The van der Waals surface area contributed by atoms with Crippen LogP contribution in [0.5, 0.6) is 0 Å². The fourth-order valence-corrected chi connectivity index (χ4v) is 2.10. The van der Waals surface area contributed by atoms with Gasteiger partial charge in [0.2, 0.25) is 0 Å². The Morgan fingerprint density at radius 2 is 2.41 bits per heavy atom. The van der Waals surface area contributed by atoms with Gasteiger partial charge in [0, 0.05) is 19.4 Å². The maximum absolute atomic E-state index is 11.1. The van der Waals surface area contributed by atoms with Crippen molar-refractivity contribution in [2.24, 2.45) is 7.05 Å². The molecule has 17 heavy (non-hydrogen) atoms. The van der Waals surface area contributed by atoms with Crippen molar-refractivity contribution >= 4 is 17.7 Å². The fourth-order valence-electron chi connectivity index (χ4n) is 1.20. The molecule has 1 heterocycles. The summed E-state index contributed by atoms with van der Waals surface area (Å²) in [7, 11) is 1.60. The number of aromatic nitrogens is 3. The third kappa shape index (κ3) is 3.90. The number of carbonyl (C=O) groups is 1. The number of thioether (sulfide) groups is 1. The number of hydrogen-bond donors (Lipinski definition) is 2. The second-order valence-electron chi connectivity index (χ2n) is 3.29. The van der Waals surface area contributed by atoms with Crippen LogP contribution in [0.25, 0.3) is 0 Å². The van der Waals surface area contributed by atoms with Crippen molar-refractivity contribution in [2.75, 3.05) is 12.4 Å². The Kier molecular flexibility index (Phi) is 5.23. The number of aromatic amines is 1. The Morgan fingerprint density at radius 1 is 1.71 bits per heavy atom. The molecule has 0 saturated carbocycles. The monoisotopic (exact) mass is 261 g/mol. The molecule has 1 rings (SSSR count). The SMILES string of the molecule is CCOC(CCSc1n[nH]c(=O)n1C)C(=O)O. The zero-order valence-electron chi connectivity index (χ0n) is 9.67. The zero-order chi connectivity index (χ0) is 12.8. The molecule has 2 N–H and O–H groups in total. The topological polar surface area (TPSA) is 97.2 Å². The lowest BCUT2D eigenvalue weighted by Crippen LogP contribution is -2.24. The number of ether oxygens (including phenoxy) is 1. The molecule has 0 saturated heterocycles. The molecule has 96 valence electrons. The van der Waals surface area contributed by atoms with Crippen molar-refractivity contribution in [1.29, 1.82) is 0 Å². The quantitative estimate of drug-likeness (QED) is 0.675. The summed E-state index contributed by atoms with van der Waals surface area (Å²) in [4.78, 5) is 21.9. The first-order valence-corrected chi connectivity index (χ1v) is 6.13. The molecule has 0 fully saturated rings. The fraction of sp³-hybridized carbons (Fsp3) is 0.667. The van der Waals surface area contributed by atoms with E-state index in [1.54, 1.807) is 14.0 Å². The molecule has 7 nitrogen and oxygen atoms in total. The van der Waals surface area contributed by atoms with Gasteiger partial charge in [0.25, 0.3) is 0 Å². The minimum Gasteiger partial charge on any atom is -0.479 e. The second kappa shape index (κ2) is 6.45. The van der Waals surface area contributed by atoms with Gasteiger partial charge in [-0.3, -0.25) is 4.57 Å². The highest BCUT2D eigenvalue weighted by atomic mass is 32.2. The number of aliphatic carboxylic acids is 1. The summed E-state index contributed by atoms with van der Waals surface area (Å²) >= 11 is 1.32. The molecule has 1 aromatic rings. The second-order valence-corrected chi connectivity index (χ2v) is 4.35. The number of rotatable bonds is 7. The highest BCUT2D eigenvalue weighted by Crippen LogP contribution is 2.15. The maximum atomic E-state index is 11.1. The lowest BCUT2D eigenvalue weighted by atomic mass is 10.3. The van der Waals surface area contributed by atoms with Crippen LogP contribution in [0, 0.1) is 0 Å². The number of carboxylic acids is 1. The largest absolute Gasteiger partial charge is 0.479 e. The molecular formula is C9H15N3O4S. The molecule has 0 radical (unpaired) electrons. The predicted molar refractivity (Wildman–Crippen MR) is 62.2 cm³/mol. The molecule has 1 aromatic heterocycles. The van der Waals surface area contributed by atoms with E-state index >= 15 is 0 Å². The predicted octanol–water partition coefficient (Wildman–Crippen LogP) is 0.0803. The van der Waals surface area contributed by atoms with Crippen LogP contribution in [0.15, 0.2) is 9.95 Å². The molecule has 0 aromatic carbocycles. The molecule has 1 unspecified atom stereocenters. The summed E-state index contributed by atoms with van der Waals surface area (Å²) in [5.74, 6) is -0.446. The Labute approximate surface area is 102 Å². The smallest absolute Gasteiger partial charge is 0.343 e. The average Bonchev–Trinajstić information content (AvgIpc) is 2.59. The summed E-state index contributed by atoms with van der Waals surface area (Å²) in [6.07, 6.45) is -0.432. The normalized spacial score (nSPS) is 12.6. The molecule has 0 amide bonds. The first-order valence-electron chi connectivity index (χ1n) is 5.14. The molecule has 0 spiro atoms. The van der Waals surface area contributed by atoms with Gasteiger partial charge >= 0.3 is 11.7 Å². The number of hydrogen-bond acceptors (Lipinski definition) is 5. The highest BCUT2D eigenvalue weighted by Gasteiger charge is 2.17. The van der Waals surface area contributed by atoms with E-state index in [1.807, 2.05) is 0 Å². The van der Waals surface area contributed by atoms with Gasteiger partial charge in [0.15, 0.2) is 11.3 Å². The Balaban J connectivity index is 2.43. The van der Waals surface area contributed by atoms with Crippen molar-refractivity contribution < 1.29 is 14.6 Å². The molecule has 0 aliphatic rings.